The number of nitrogens with zero attached hydrogens (tertiary/aromatic N) is 4. The second-order valence-corrected chi connectivity index (χ2v) is 12.0. The molecule has 3 amide bonds. The van der Waals surface area contributed by atoms with Gasteiger partial charge in [0.2, 0.25) is 5.91 Å². The van der Waals surface area contributed by atoms with Crippen molar-refractivity contribution < 1.29 is 19.1 Å². The molecule has 6 rings (SSSR count). The number of hydrogen-bond acceptors (Lipinski definition) is 8. The Bertz CT molecular complexity index is 1520. The third-order valence-corrected chi connectivity index (χ3v) is 7.45. The lowest BCUT2D eigenvalue weighted by Gasteiger charge is -2.33. The molecule has 4 heterocycles. The van der Waals surface area contributed by atoms with Gasteiger partial charge in [0.05, 0.1) is 12.6 Å². The van der Waals surface area contributed by atoms with Crippen molar-refractivity contribution in [2.75, 3.05) is 23.7 Å². The normalized spacial score (nSPS) is 19.1. The monoisotopic (exact) mass is 557 g/mol. The van der Waals surface area contributed by atoms with Gasteiger partial charge in [-0.1, -0.05) is 12.1 Å². The Morgan fingerprint density at radius 1 is 1.10 bits per heavy atom. The predicted octanol–water partition coefficient (Wildman–Crippen LogP) is 4.59. The van der Waals surface area contributed by atoms with E-state index in [2.05, 4.69) is 33.2 Å². The topological polar surface area (TPSA) is 130 Å². The third-order valence-electron chi connectivity index (χ3n) is 7.45. The number of aromatic nitrogens is 3. The van der Waals surface area contributed by atoms with Gasteiger partial charge in [0, 0.05) is 42.0 Å². The van der Waals surface area contributed by atoms with Gasteiger partial charge in [-0.15, -0.1) is 0 Å². The Labute approximate surface area is 238 Å². The molecule has 1 aromatic carbocycles. The Balaban J connectivity index is 1.17. The van der Waals surface area contributed by atoms with Crippen LogP contribution in [0, 0.1) is 0 Å². The number of piperidine rings is 1. The minimum absolute atomic E-state index is 0.0493. The van der Waals surface area contributed by atoms with Gasteiger partial charge in [0.25, 0.3) is 5.91 Å². The maximum absolute atomic E-state index is 12.4. The number of likely N-dealkylation sites (tertiary alicyclic amines) is 1. The summed E-state index contributed by atoms with van der Waals surface area (Å²) in [6.07, 6.45) is 7.14. The van der Waals surface area contributed by atoms with Crippen LogP contribution in [0.2, 0.25) is 0 Å². The lowest BCUT2D eigenvalue weighted by atomic mass is 9.89. The highest BCUT2D eigenvalue weighted by molar-refractivity contribution is 6.15. The first kappa shape index (κ1) is 26.8. The number of imide groups is 1. The Hall–Kier alpha value is -4.41. The van der Waals surface area contributed by atoms with E-state index in [0.717, 1.165) is 37.2 Å². The standard InChI is InChI=1S/C30H35N7O4/c1-30(2,3)41-29(40)36-12-10-19(11-13-36)18-4-6-22(7-5-18)32-24-16-25(33-23-8-9-23)37-27(34-24)21(17-31-37)14-20-15-26(38)35-28(20)39/h4-7,14,16-17,19,23,33H,8-13,15H2,1-3H3,(H,32,34)(H,35,38,39)/b20-14+. The van der Waals surface area contributed by atoms with Crippen molar-refractivity contribution in [3.05, 3.63) is 53.2 Å². The van der Waals surface area contributed by atoms with Crippen LogP contribution in [0.1, 0.15) is 69.9 Å². The molecule has 3 fully saturated rings. The smallest absolute Gasteiger partial charge is 0.410 e. The molecule has 11 heteroatoms. The van der Waals surface area contributed by atoms with E-state index >= 15 is 0 Å². The maximum Gasteiger partial charge on any atom is 0.410 e. The van der Waals surface area contributed by atoms with Gasteiger partial charge in [-0.2, -0.15) is 9.61 Å². The average molecular weight is 558 g/mol. The number of carbonyl (C=O) groups excluding carboxylic acids is 3. The van der Waals surface area contributed by atoms with Crippen molar-refractivity contribution in [3.8, 4) is 0 Å². The van der Waals surface area contributed by atoms with E-state index in [1.165, 1.54) is 5.56 Å². The molecule has 1 aliphatic carbocycles. The summed E-state index contributed by atoms with van der Waals surface area (Å²) in [5.74, 6) is 1.15. The Kier molecular flexibility index (Phi) is 6.88. The van der Waals surface area contributed by atoms with Gasteiger partial charge in [-0.3, -0.25) is 14.9 Å². The van der Waals surface area contributed by atoms with Gasteiger partial charge < -0.3 is 20.3 Å². The number of rotatable bonds is 6. The molecule has 2 aliphatic heterocycles. The summed E-state index contributed by atoms with van der Waals surface area (Å²) in [5, 5.41) is 13.7. The molecule has 3 aliphatic rings. The fourth-order valence-corrected chi connectivity index (χ4v) is 5.20. The third kappa shape index (κ3) is 6.18. The molecular formula is C30H35N7O4. The quantitative estimate of drug-likeness (QED) is 0.296. The lowest BCUT2D eigenvalue weighted by molar-refractivity contribution is -0.124. The summed E-state index contributed by atoms with van der Waals surface area (Å²) >= 11 is 0. The number of fused-ring (bicyclic) bond motifs is 1. The van der Waals surface area contributed by atoms with Crippen LogP contribution in [0.5, 0.6) is 0 Å². The number of anilines is 3. The zero-order valence-corrected chi connectivity index (χ0v) is 23.6. The molecule has 2 saturated heterocycles. The number of amides is 3. The van der Waals surface area contributed by atoms with Crippen LogP contribution in [0.4, 0.5) is 22.1 Å². The van der Waals surface area contributed by atoms with Crippen molar-refractivity contribution in [1.82, 2.24) is 24.8 Å². The summed E-state index contributed by atoms with van der Waals surface area (Å²) in [6, 6.07) is 10.7. The molecule has 3 aromatic rings. The zero-order valence-electron chi connectivity index (χ0n) is 23.6. The molecule has 214 valence electrons. The van der Waals surface area contributed by atoms with Crippen LogP contribution in [-0.4, -0.2) is 62.1 Å². The van der Waals surface area contributed by atoms with Gasteiger partial charge in [-0.25, -0.2) is 9.78 Å². The largest absolute Gasteiger partial charge is 0.444 e. The van der Waals surface area contributed by atoms with E-state index in [4.69, 9.17) is 9.72 Å². The predicted molar refractivity (Wildman–Crippen MR) is 155 cm³/mol. The van der Waals surface area contributed by atoms with E-state index in [1.807, 2.05) is 39.0 Å². The molecule has 2 aromatic heterocycles. The van der Waals surface area contributed by atoms with Crippen LogP contribution < -0.4 is 16.0 Å². The van der Waals surface area contributed by atoms with E-state index in [-0.39, 0.29) is 24.3 Å². The minimum Gasteiger partial charge on any atom is -0.444 e. The number of carbonyl (C=O) groups is 3. The van der Waals surface area contributed by atoms with Crippen molar-refractivity contribution in [3.63, 3.8) is 0 Å². The first-order chi connectivity index (χ1) is 19.6. The fourth-order valence-electron chi connectivity index (χ4n) is 5.20. The first-order valence-corrected chi connectivity index (χ1v) is 14.2. The van der Waals surface area contributed by atoms with Crippen molar-refractivity contribution >= 4 is 47.0 Å². The summed E-state index contributed by atoms with van der Waals surface area (Å²) < 4.78 is 7.26. The SMILES string of the molecule is CC(C)(C)OC(=O)N1CCC(c2ccc(Nc3cc(NC4CC4)n4ncc(/C=C5\CC(=O)NC5=O)c4n3)cc2)CC1. The van der Waals surface area contributed by atoms with Crippen LogP contribution in [0.15, 0.2) is 42.1 Å². The number of ether oxygens (including phenoxy) is 1. The van der Waals surface area contributed by atoms with Crippen molar-refractivity contribution in [1.29, 1.82) is 0 Å². The molecule has 0 bridgehead atoms. The summed E-state index contributed by atoms with van der Waals surface area (Å²) in [6.45, 7) is 7.02. The lowest BCUT2D eigenvalue weighted by Crippen LogP contribution is -2.41. The minimum atomic E-state index is -0.491. The van der Waals surface area contributed by atoms with E-state index in [1.54, 1.807) is 21.7 Å². The number of hydrogen-bond donors (Lipinski definition) is 3. The van der Waals surface area contributed by atoms with Gasteiger partial charge in [0.15, 0.2) is 5.65 Å². The molecule has 41 heavy (non-hydrogen) atoms. The summed E-state index contributed by atoms with van der Waals surface area (Å²) in [5.41, 5.74) is 3.30. The van der Waals surface area contributed by atoms with Gasteiger partial charge in [0.1, 0.15) is 17.2 Å². The van der Waals surface area contributed by atoms with Crippen LogP contribution in [-0.2, 0) is 14.3 Å². The molecule has 3 N–H and O–H groups in total. The van der Waals surface area contributed by atoms with E-state index in [0.29, 0.717) is 47.7 Å². The summed E-state index contributed by atoms with van der Waals surface area (Å²) in [4.78, 5) is 42.8. The molecule has 1 saturated carbocycles. The van der Waals surface area contributed by atoms with Gasteiger partial charge in [-0.05, 0) is 76.1 Å². The highest BCUT2D eigenvalue weighted by Crippen LogP contribution is 2.32. The molecule has 0 radical (unpaired) electrons. The second-order valence-electron chi connectivity index (χ2n) is 12.0. The highest BCUT2D eigenvalue weighted by atomic mass is 16.6. The molecule has 0 unspecified atom stereocenters. The zero-order chi connectivity index (χ0) is 28.7. The Morgan fingerprint density at radius 3 is 2.46 bits per heavy atom. The fraction of sp³-hybridized carbons (Fsp3) is 0.433. The van der Waals surface area contributed by atoms with E-state index < -0.39 is 5.60 Å². The highest BCUT2D eigenvalue weighted by Gasteiger charge is 2.28. The molecular weight excluding hydrogens is 522 g/mol. The summed E-state index contributed by atoms with van der Waals surface area (Å²) in [7, 11) is 0. The second kappa shape index (κ2) is 10.5. The average Bonchev–Trinajstić information content (AvgIpc) is 3.56. The number of nitrogens with one attached hydrogen (secondary N) is 3. The molecule has 0 spiro atoms. The van der Waals surface area contributed by atoms with Crippen molar-refractivity contribution in [2.24, 2.45) is 0 Å². The van der Waals surface area contributed by atoms with Gasteiger partial charge >= 0.3 is 6.09 Å². The Morgan fingerprint density at radius 2 is 1.83 bits per heavy atom. The molecule has 11 nitrogen and oxygen atoms in total. The molecule has 0 atom stereocenters. The van der Waals surface area contributed by atoms with Crippen LogP contribution >= 0.6 is 0 Å². The van der Waals surface area contributed by atoms with E-state index in [9.17, 15) is 14.4 Å². The number of benzene rings is 1. The van der Waals surface area contributed by atoms with Crippen molar-refractivity contribution in [2.45, 2.75) is 70.4 Å². The van der Waals surface area contributed by atoms with Crippen LogP contribution in [0.3, 0.4) is 0 Å². The first-order valence-electron chi connectivity index (χ1n) is 14.2. The van der Waals surface area contributed by atoms with Crippen LogP contribution in [0.25, 0.3) is 11.7 Å². The maximum atomic E-state index is 12.4.